The molecule has 1 saturated heterocycles. The lowest BCUT2D eigenvalue weighted by atomic mass is 10.0. The minimum absolute atomic E-state index is 0.130. The third-order valence-electron chi connectivity index (χ3n) is 1.63. The van der Waals surface area contributed by atoms with Gasteiger partial charge in [-0.1, -0.05) is 13.8 Å². The van der Waals surface area contributed by atoms with Crippen LogP contribution < -0.4 is 5.32 Å². The quantitative estimate of drug-likeness (QED) is 0.648. The number of Topliss-reactive ketones (excluding diaryl/α,β-unsaturated/α-hetero) is 1. The van der Waals surface area contributed by atoms with Crippen LogP contribution in [0, 0.1) is 5.92 Å². The van der Waals surface area contributed by atoms with E-state index in [1.54, 1.807) is 11.8 Å². The van der Waals surface area contributed by atoms with Crippen LogP contribution in [0.5, 0.6) is 0 Å². The number of thioether (sulfide) groups is 1. The van der Waals surface area contributed by atoms with Crippen LogP contribution in [-0.4, -0.2) is 23.5 Å². The highest BCUT2D eigenvalue weighted by atomic mass is 32.2. The van der Waals surface area contributed by atoms with Gasteiger partial charge in [-0.05, 0) is 0 Å². The van der Waals surface area contributed by atoms with E-state index in [0.29, 0.717) is 5.78 Å². The summed E-state index contributed by atoms with van der Waals surface area (Å²) >= 11 is 1.80. The molecule has 1 aliphatic rings. The van der Waals surface area contributed by atoms with Crippen molar-refractivity contribution in [1.82, 2.24) is 5.32 Å². The number of rotatable bonds is 2. The lowest BCUT2D eigenvalue weighted by molar-refractivity contribution is -0.123. The number of hydrogen-bond donors (Lipinski definition) is 1. The molecule has 1 aliphatic heterocycles. The van der Waals surface area contributed by atoms with E-state index >= 15 is 0 Å². The molecule has 0 spiro atoms. The molecule has 1 atom stereocenters. The molecule has 2 nitrogen and oxygen atoms in total. The van der Waals surface area contributed by atoms with Crippen molar-refractivity contribution in [2.45, 2.75) is 19.9 Å². The van der Waals surface area contributed by atoms with Gasteiger partial charge in [0.05, 0.1) is 6.04 Å². The Kier molecular flexibility index (Phi) is 2.74. The van der Waals surface area contributed by atoms with Crippen molar-refractivity contribution in [2.24, 2.45) is 5.92 Å². The van der Waals surface area contributed by atoms with E-state index in [1.165, 1.54) is 0 Å². The van der Waals surface area contributed by atoms with E-state index in [4.69, 9.17) is 0 Å². The molecule has 1 unspecified atom stereocenters. The van der Waals surface area contributed by atoms with Gasteiger partial charge in [0.1, 0.15) is 0 Å². The Balaban J connectivity index is 2.40. The van der Waals surface area contributed by atoms with Gasteiger partial charge < -0.3 is 0 Å². The summed E-state index contributed by atoms with van der Waals surface area (Å²) < 4.78 is 0. The van der Waals surface area contributed by atoms with Crippen LogP contribution >= 0.6 is 11.8 Å². The molecule has 0 aliphatic carbocycles. The first kappa shape index (κ1) is 8.08. The van der Waals surface area contributed by atoms with Crippen molar-refractivity contribution in [3.63, 3.8) is 0 Å². The zero-order valence-electron chi connectivity index (χ0n) is 6.39. The van der Waals surface area contributed by atoms with Gasteiger partial charge in [-0.15, -0.1) is 11.8 Å². The van der Waals surface area contributed by atoms with Gasteiger partial charge in [0.25, 0.3) is 0 Å². The first-order valence-corrected chi connectivity index (χ1v) is 4.72. The molecule has 0 aromatic rings. The molecule has 1 rings (SSSR count). The highest BCUT2D eigenvalue weighted by Gasteiger charge is 2.23. The zero-order valence-corrected chi connectivity index (χ0v) is 7.20. The largest absolute Gasteiger partial charge is 0.298 e. The molecule has 0 radical (unpaired) electrons. The molecule has 0 amide bonds. The Morgan fingerprint density at radius 3 is 2.80 bits per heavy atom. The predicted molar refractivity (Wildman–Crippen MR) is 44.1 cm³/mol. The summed E-state index contributed by atoms with van der Waals surface area (Å²) in [7, 11) is 0. The van der Waals surface area contributed by atoms with Gasteiger partial charge in [-0.3, -0.25) is 10.1 Å². The highest BCUT2D eigenvalue weighted by molar-refractivity contribution is 7.99. The van der Waals surface area contributed by atoms with E-state index in [-0.39, 0.29) is 12.0 Å². The SMILES string of the molecule is CC(C)C(=O)C1CSCN1. The number of carbonyl (C=O) groups is 1. The van der Waals surface area contributed by atoms with Gasteiger partial charge in [-0.2, -0.15) is 0 Å². The van der Waals surface area contributed by atoms with E-state index in [9.17, 15) is 4.79 Å². The second-order valence-corrected chi connectivity index (χ2v) is 3.86. The molecular formula is C7H13NOS. The molecule has 10 heavy (non-hydrogen) atoms. The Labute approximate surface area is 65.8 Å². The maximum atomic E-state index is 11.3. The fraction of sp³-hybridized carbons (Fsp3) is 0.857. The van der Waals surface area contributed by atoms with Gasteiger partial charge in [0.15, 0.2) is 5.78 Å². The third kappa shape index (κ3) is 1.73. The Bertz CT molecular complexity index is 130. The van der Waals surface area contributed by atoms with Crippen LogP contribution in [0.25, 0.3) is 0 Å². The second-order valence-electron chi connectivity index (χ2n) is 2.83. The summed E-state index contributed by atoms with van der Waals surface area (Å²) in [6, 6.07) is 0.130. The normalized spacial score (nSPS) is 25.7. The molecule has 0 aromatic heterocycles. The van der Waals surface area contributed by atoms with E-state index in [2.05, 4.69) is 5.32 Å². The van der Waals surface area contributed by atoms with Crippen LogP contribution in [-0.2, 0) is 4.79 Å². The fourth-order valence-electron chi connectivity index (χ4n) is 0.980. The molecule has 0 aromatic carbocycles. The lowest BCUT2D eigenvalue weighted by Crippen LogP contribution is -2.35. The van der Waals surface area contributed by atoms with E-state index in [0.717, 1.165) is 11.6 Å². The molecular weight excluding hydrogens is 146 g/mol. The first-order valence-electron chi connectivity index (χ1n) is 3.56. The van der Waals surface area contributed by atoms with Crippen molar-refractivity contribution >= 4 is 17.5 Å². The number of ketones is 1. The van der Waals surface area contributed by atoms with Crippen molar-refractivity contribution in [3.05, 3.63) is 0 Å². The van der Waals surface area contributed by atoms with Crippen LogP contribution in [0.15, 0.2) is 0 Å². The third-order valence-corrected chi connectivity index (χ3v) is 2.57. The summed E-state index contributed by atoms with van der Waals surface area (Å²) in [6.45, 7) is 3.90. The number of carbonyl (C=O) groups excluding carboxylic acids is 1. The Morgan fingerprint density at radius 1 is 1.70 bits per heavy atom. The minimum atomic E-state index is 0.130. The monoisotopic (exact) mass is 159 g/mol. The molecule has 0 bridgehead atoms. The van der Waals surface area contributed by atoms with Crippen molar-refractivity contribution in [2.75, 3.05) is 11.6 Å². The average molecular weight is 159 g/mol. The van der Waals surface area contributed by atoms with Crippen LogP contribution in [0.2, 0.25) is 0 Å². The van der Waals surface area contributed by atoms with Crippen molar-refractivity contribution < 1.29 is 4.79 Å². The van der Waals surface area contributed by atoms with E-state index < -0.39 is 0 Å². The lowest BCUT2D eigenvalue weighted by Gasteiger charge is -2.09. The van der Waals surface area contributed by atoms with Gasteiger partial charge in [0, 0.05) is 17.5 Å². The van der Waals surface area contributed by atoms with Gasteiger partial charge in [-0.25, -0.2) is 0 Å². The second kappa shape index (κ2) is 3.39. The maximum Gasteiger partial charge on any atom is 0.153 e. The smallest absolute Gasteiger partial charge is 0.153 e. The molecule has 1 N–H and O–H groups in total. The van der Waals surface area contributed by atoms with Gasteiger partial charge in [0.2, 0.25) is 0 Å². The number of nitrogens with one attached hydrogen (secondary N) is 1. The molecule has 1 heterocycles. The van der Waals surface area contributed by atoms with Crippen molar-refractivity contribution in [3.8, 4) is 0 Å². The van der Waals surface area contributed by atoms with Crippen molar-refractivity contribution in [1.29, 1.82) is 0 Å². The zero-order chi connectivity index (χ0) is 7.56. The van der Waals surface area contributed by atoms with E-state index in [1.807, 2.05) is 13.8 Å². The molecule has 0 saturated carbocycles. The molecule has 3 heteroatoms. The topological polar surface area (TPSA) is 29.1 Å². The fourth-order valence-corrected chi connectivity index (χ4v) is 1.94. The number of hydrogen-bond acceptors (Lipinski definition) is 3. The summed E-state index contributed by atoms with van der Waals surface area (Å²) in [5.74, 6) is 2.42. The van der Waals surface area contributed by atoms with Crippen LogP contribution in [0.4, 0.5) is 0 Å². The standard InChI is InChI=1S/C7H13NOS/c1-5(2)7(9)6-3-10-4-8-6/h5-6,8H,3-4H2,1-2H3. The Morgan fingerprint density at radius 2 is 2.40 bits per heavy atom. The first-order chi connectivity index (χ1) is 4.72. The summed E-state index contributed by atoms with van der Waals surface area (Å²) in [4.78, 5) is 11.3. The average Bonchev–Trinajstić information content (AvgIpc) is 2.36. The minimum Gasteiger partial charge on any atom is -0.298 e. The summed E-state index contributed by atoms with van der Waals surface area (Å²) in [5, 5.41) is 3.15. The maximum absolute atomic E-state index is 11.3. The van der Waals surface area contributed by atoms with Crippen LogP contribution in [0.3, 0.4) is 0 Å². The molecule has 58 valence electrons. The Hall–Kier alpha value is -0.0200. The van der Waals surface area contributed by atoms with Crippen LogP contribution in [0.1, 0.15) is 13.8 Å². The summed E-state index contributed by atoms with van der Waals surface area (Å²) in [6.07, 6.45) is 0. The summed E-state index contributed by atoms with van der Waals surface area (Å²) in [5.41, 5.74) is 0. The highest BCUT2D eigenvalue weighted by Crippen LogP contribution is 2.13. The van der Waals surface area contributed by atoms with Gasteiger partial charge >= 0.3 is 0 Å². The predicted octanol–water partition coefficient (Wildman–Crippen LogP) is 0.874. The molecule has 1 fully saturated rings.